The van der Waals surface area contributed by atoms with Gasteiger partial charge in [0.1, 0.15) is 6.61 Å². The topological polar surface area (TPSA) is 74.1 Å². The van der Waals surface area contributed by atoms with Crippen LogP contribution in [-0.4, -0.2) is 41.7 Å². The van der Waals surface area contributed by atoms with Crippen molar-refractivity contribution in [1.82, 2.24) is 14.7 Å². The molecule has 1 atom stereocenters. The highest BCUT2D eigenvalue weighted by atomic mass is 32.1. The van der Waals surface area contributed by atoms with Crippen LogP contribution in [0, 0.1) is 0 Å². The summed E-state index contributed by atoms with van der Waals surface area (Å²) in [5, 5.41) is 4.90. The molecule has 7 nitrogen and oxygen atoms in total. The van der Waals surface area contributed by atoms with Gasteiger partial charge in [0.2, 0.25) is 5.91 Å². The molecule has 1 N–H and O–H groups in total. The smallest absolute Gasteiger partial charge is 0.226 e. The predicted molar refractivity (Wildman–Crippen MR) is 106 cm³/mol. The molecule has 1 saturated heterocycles. The average molecular weight is 401 g/mol. The van der Waals surface area contributed by atoms with Crippen molar-refractivity contribution in [3.8, 4) is 11.5 Å². The first-order chi connectivity index (χ1) is 13.7. The zero-order valence-electron chi connectivity index (χ0n) is 15.7. The van der Waals surface area contributed by atoms with Crippen molar-refractivity contribution in [3.63, 3.8) is 0 Å². The van der Waals surface area contributed by atoms with Crippen molar-refractivity contribution in [2.75, 3.05) is 20.3 Å². The van der Waals surface area contributed by atoms with Gasteiger partial charge in [0, 0.05) is 30.9 Å². The van der Waals surface area contributed by atoms with E-state index in [0.717, 1.165) is 35.7 Å². The van der Waals surface area contributed by atoms with Gasteiger partial charge in [0.25, 0.3) is 0 Å². The van der Waals surface area contributed by atoms with Crippen LogP contribution in [0.2, 0.25) is 0 Å². The van der Waals surface area contributed by atoms with Gasteiger partial charge < -0.3 is 19.5 Å². The maximum absolute atomic E-state index is 12.2. The highest BCUT2D eigenvalue weighted by Crippen LogP contribution is 2.29. The van der Waals surface area contributed by atoms with Crippen LogP contribution in [-0.2, 0) is 22.5 Å². The van der Waals surface area contributed by atoms with Crippen LogP contribution in [0.5, 0.6) is 11.5 Å². The SMILES string of the molecule is COc1cc(CNC(=O)Cc2cn3ccsc3n2)ccc1OCC1CCCO1. The van der Waals surface area contributed by atoms with Gasteiger partial charge in [-0.25, -0.2) is 4.98 Å². The number of benzene rings is 1. The van der Waals surface area contributed by atoms with Crippen LogP contribution >= 0.6 is 11.3 Å². The van der Waals surface area contributed by atoms with Crippen molar-refractivity contribution >= 4 is 22.2 Å². The monoisotopic (exact) mass is 401 g/mol. The number of methoxy groups -OCH3 is 1. The number of hydrogen-bond donors (Lipinski definition) is 1. The fourth-order valence-corrected chi connectivity index (χ4v) is 3.91. The molecule has 0 spiro atoms. The lowest BCUT2D eigenvalue weighted by molar-refractivity contribution is -0.120. The number of aromatic nitrogens is 2. The van der Waals surface area contributed by atoms with Crippen LogP contribution in [0.1, 0.15) is 24.1 Å². The molecule has 1 fully saturated rings. The van der Waals surface area contributed by atoms with Crippen LogP contribution < -0.4 is 14.8 Å². The molecule has 28 heavy (non-hydrogen) atoms. The Hall–Kier alpha value is -2.58. The molecular formula is C20H23N3O4S. The van der Waals surface area contributed by atoms with E-state index in [0.29, 0.717) is 24.7 Å². The van der Waals surface area contributed by atoms with Gasteiger partial charge in [-0.05, 0) is 30.5 Å². The number of carbonyl (C=O) groups excluding carboxylic acids is 1. The van der Waals surface area contributed by atoms with Gasteiger partial charge in [-0.1, -0.05) is 6.07 Å². The van der Waals surface area contributed by atoms with E-state index < -0.39 is 0 Å². The summed E-state index contributed by atoms with van der Waals surface area (Å²) in [5.74, 6) is 1.27. The molecule has 1 aromatic carbocycles. The molecule has 3 aromatic rings. The molecule has 0 saturated carbocycles. The summed E-state index contributed by atoms with van der Waals surface area (Å²) in [6.07, 6.45) is 6.34. The van der Waals surface area contributed by atoms with E-state index in [1.807, 2.05) is 40.4 Å². The van der Waals surface area contributed by atoms with Crippen molar-refractivity contribution in [2.24, 2.45) is 0 Å². The van der Waals surface area contributed by atoms with E-state index in [1.54, 1.807) is 18.4 Å². The van der Waals surface area contributed by atoms with Gasteiger partial charge in [-0.15, -0.1) is 11.3 Å². The number of nitrogens with zero attached hydrogens (tertiary/aromatic N) is 2. The molecule has 1 amide bonds. The first kappa shape index (κ1) is 18.8. The Morgan fingerprint density at radius 2 is 2.36 bits per heavy atom. The third-order valence-corrected chi connectivity index (χ3v) is 5.42. The fourth-order valence-electron chi connectivity index (χ4n) is 3.19. The third-order valence-electron chi connectivity index (χ3n) is 4.65. The molecule has 1 aliphatic heterocycles. The summed E-state index contributed by atoms with van der Waals surface area (Å²) in [6.45, 7) is 1.75. The van der Waals surface area contributed by atoms with E-state index in [-0.39, 0.29) is 18.4 Å². The lowest BCUT2D eigenvalue weighted by atomic mass is 10.2. The number of amides is 1. The number of fused-ring (bicyclic) bond motifs is 1. The molecule has 0 aliphatic carbocycles. The van der Waals surface area contributed by atoms with Crippen LogP contribution in [0.3, 0.4) is 0 Å². The molecule has 1 aliphatic rings. The van der Waals surface area contributed by atoms with Gasteiger partial charge in [-0.3, -0.25) is 9.20 Å². The molecule has 148 valence electrons. The Kier molecular flexibility index (Phi) is 5.78. The summed E-state index contributed by atoms with van der Waals surface area (Å²) >= 11 is 1.55. The Morgan fingerprint density at radius 1 is 1.43 bits per heavy atom. The first-order valence-electron chi connectivity index (χ1n) is 9.30. The highest BCUT2D eigenvalue weighted by molar-refractivity contribution is 7.15. The van der Waals surface area contributed by atoms with Crippen molar-refractivity contribution in [2.45, 2.75) is 31.9 Å². The molecule has 3 heterocycles. The van der Waals surface area contributed by atoms with Crippen molar-refractivity contribution in [3.05, 3.63) is 47.2 Å². The maximum Gasteiger partial charge on any atom is 0.226 e. The fraction of sp³-hybridized carbons (Fsp3) is 0.400. The minimum atomic E-state index is -0.0663. The predicted octanol–water partition coefficient (Wildman–Crippen LogP) is 2.82. The Bertz CT molecular complexity index is 917. The number of carbonyl (C=O) groups is 1. The van der Waals surface area contributed by atoms with E-state index in [2.05, 4.69) is 10.3 Å². The lowest BCUT2D eigenvalue weighted by Gasteiger charge is -2.15. The minimum Gasteiger partial charge on any atom is -0.493 e. The molecule has 2 aromatic heterocycles. The Labute approximate surface area is 167 Å². The Morgan fingerprint density at radius 3 is 3.14 bits per heavy atom. The summed E-state index contributed by atoms with van der Waals surface area (Å²) in [6, 6.07) is 5.69. The van der Waals surface area contributed by atoms with E-state index in [9.17, 15) is 4.79 Å². The highest BCUT2D eigenvalue weighted by Gasteiger charge is 2.17. The van der Waals surface area contributed by atoms with E-state index in [1.165, 1.54) is 0 Å². The molecular weight excluding hydrogens is 378 g/mol. The average Bonchev–Trinajstić information content (AvgIpc) is 3.43. The number of hydrogen-bond acceptors (Lipinski definition) is 6. The quantitative estimate of drug-likeness (QED) is 0.628. The van der Waals surface area contributed by atoms with Gasteiger partial charge in [0.15, 0.2) is 16.5 Å². The first-order valence-corrected chi connectivity index (χ1v) is 10.2. The second-order valence-electron chi connectivity index (χ2n) is 6.71. The zero-order chi connectivity index (χ0) is 19.3. The molecule has 8 heteroatoms. The maximum atomic E-state index is 12.2. The van der Waals surface area contributed by atoms with Gasteiger partial charge in [0.05, 0.1) is 25.3 Å². The van der Waals surface area contributed by atoms with Crippen LogP contribution in [0.15, 0.2) is 36.0 Å². The number of ether oxygens (including phenoxy) is 3. The largest absolute Gasteiger partial charge is 0.493 e. The second kappa shape index (κ2) is 8.62. The second-order valence-corrected chi connectivity index (χ2v) is 7.58. The number of thiazole rings is 1. The van der Waals surface area contributed by atoms with Gasteiger partial charge >= 0.3 is 0 Å². The molecule has 4 rings (SSSR count). The standard InChI is InChI=1S/C20H23N3O4S/c1-25-18-9-14(4-5-17(18)27-13-16-3-2-7-26-16)11-21-19(24)10-15-12-23-6-8-28-20(23)22-15/h4-6,8-9,12,16H,2-3,7,10-11,13H2,1H3,(H,21,24). The lowest BCUT2D eigenvalue weighted by Crippen LogP contribution is -2.24. The van der Waals surface area contributed by atoms with E-state index >= 15 is 0 Å². The molecule has 0 bridgehead atoms. The van der Waals surface area contributed by atoms with Crippen molar-refractivity contribution < 1.29 is 19.0 Å². The van der Waals surface area contributed by atoms with Gasteiger partial charge in [-0.2, -0.15) is 0 Å². The number of rotatable bonds is 8. The summed E-state index contributed by atoms with van der Waals surface area (Å²) in [7, 11) is 1.61. The van der Waals surface area contributed by atoms with E-state index in [4.69, 9.17) is 14.2 Å². The number of nitrogens with one attached hydrogen (secondary N) is 1. The zero-order valence-corrected chi connectivity index (χ0v) is 16.5. The summed E-state index contributed by atoms with van der Waals surface area (Å²) in [5.41, 5.74) is 1.71. The number of imidazole rings is 1. The summed E-state index contributed by atoms with van der Waals surface area (Å²) < 4.78 is 18.8. The minimum absolute atomic E-state index is 0.0663. The van der Waals surface area contributed by atoms with Crippen LogP contribution in [0.25, 0.3) is 4.96 Å². The third kappa shape index (κ3) is 4.45. The van der Waals surface area contributed by atoms with Crippen LogP contribution in [0.4, 0.5) is 0 Å². The molecule has 1 unspecified atom stereocenters. The van der Waals surface area contributed by atoms with Crippen molar-refractivity contribution in [1.29, 1.82) is 0 Å². The molecule has 0 radical (unpaired) electrons. The summed E-state index contributed by atoms with van der Waals surface area (Å²) in [4.78, 5) is 17.6. The Balaban J connectivity index is 1.30. The normalized spacial score (nSPS) is 16.4.